The molecule has 1 rings (SSSR count). The van der Waals surface area contributed by atoms with Crippen LogP contribution in [0.15, 0.2) is 23.7 Å². The standard InChI is InChI=1S/C16H26O4.Li/c1-4-6-10-13-15(18)20-16(13,3)12-9-7-8-11-14(17)19-5-2;/h8,11,18H,4-7,9-10,12H2,1-3H3;/q;+1/p-1/b11-8+;. The van der Waals surface area contributed by atoms with Gasteiger partial charge in [0.05, 0.1) is 12.6 Å². The summed E-state index contributed by atoms with van der Waals surface area (Å²) in [5, 5.41) is 11.5. The fraction of sp³-hybridized carbons (Fsp3) is 0.688. The molecule has 0 aromatic heterocycles. The van der Waals surface area contributed by atoms with Crippen LogP contribution in [0.1, 0.15) is 59.3 Å². The van der Waals surface area contributed by atoms with Crippen LogP contribution in [0.3, 0.4) is 0 Å². The summed E-state index contributed by atoms with van der Waals surface area (Å²) < 4.78 is 10.1. The van der Waals surface area contributed by atoms with E-state index in [1.54, 1.807) is 6.92 Å². The van der Waals surface area contributed by atoms with Gasteiger partial charge in [0.2, 0.25) is 0 Å². The Hall–Kier alpha value is -0.853. The average molecular weight is 288 g/mol. The van der Waals surface area contributed by atoms with Crippen molar-refractivity contribution in [1.82, 2.24) is 0 Å². The third-order valence-corrected chi connectivity index (χ3v) is 3.55. The van der Waals surface area contributed by atoms with Gasteiger partial charge in [-0.05, 0) is 51.5 Å². The Morgan fingerprint density at radius 3 is 2.67 bits per heavy atom. The fourth-order valence-corrected chi connectivity index (χ4v) is 2.35. The van der Waals surface area contributed by atoms with Crippen molar-refractivity contribution in [2.45, 2.75) is 64.9 Å². The van der Waals surface area contributed by atoms with Gasteiger partial charge in [-0.1, -0.05) is 19.4 Å². The zero-order valence-corrected chi connectivity index (χ0v) is 13.7. The molecule has 1 unspecified atom stereocenters. The largest absolute Gasteiger partial charge is 1.00 e. The molecule has 1 atom stereocenters. The van der Waals surface area contributed by atoms with E-state index in [-0.39, 0.29) is 36.4 Å². The summed E-state index contributed by atoms with van der Waals surface area (Å²) in [7, 11) is 0. The molecular weight excluding hydrogens is 263 g/mol. The van der Waals surface area contributed by atoms with Crippen LogP contribution >= 0.6 is 0 Å². The quantitative estimate of drug-likeness (QED) is 0.256. The summed E-state index contributed by atoms with van der Waals surface area (Å²) in [6.45, 7) is 6.27. The second-order valence-electron chi connectivity index (χ2n) is 5.25. The Kier molecular flexibility index (Phi) is 9.57. The van der Waals surface area contributed by atoms with E-state index in [1.807, 2.05) is 13.0 Å². The molecule has 0 fully saturated rings. The van der Waals surface area contributed by atoms with Crippen LogP contribution in [0.5, 0.6) is 0 Å². The molecule has 0 aliphatic carbocycles. The summed E-state index contributed by atoms with van der Waals surface area (Å²) in [5.74, 6) is -0.438. The first-order chi connectivity index (χ1) is 9.53. The zero-order chi connectivity index (χ0) is 15.0. The minimum Gasteiger partial charge on any atom is -0.603 e. The molecular formula is C16H25LiO4. The Balaban J connectivity index is 0.00000400. The molecule has 0 amide bonds. The van der Waals surface area contributed by atoms with E-state index in [9.17, 15) is 9.90 Å². The van der Waals surface area contributed by atoms with Gasteiger partial charge < -0.3 is 14.6 Å². The summed E-state index contributed by atoms with van der Waals surface area (Å²) in [5.41, 5.74) is 0.540. The predicted molar refractivity (Wildman–Crippen MR) is 75.7 cm³/mol. The molecule has 1 heterocycles. The summed E-state index contributed by atoms with van der Waals surface area (Å²) in [6.07, 6.45) is 8.70. The van der Waals surface area contributed by atoms with E-state index >= 15 is 0 Å². The van der Waals surface area contributed by atoms with Gasteiger partial charge in [-0.2, -0.15) is 0 Å². The summed E-state index contributed by atoms with van der Waals surface area (Å²) in [4.78, 5) is 11.1. The van der Waals surface area contributed by atoms with E-state index in [1.165, 1.54) is 6.08 Å². The van der Waals surface area contributed by atoms with Gasteiger partial charge in [0.15, 0.2) is 0 Å². The number of allylic oxidation sites excluding steroid dienone is 1. The molecule has 0 aromatic rings. The molecule has 0 N–H and O–H groups in total. The van der Waals surface area contributed by atoms with E-state index in [0.717, 1.165) is 44.1 Å². The minimum atomic E-state index is -0.385. The van der Waals surface area contributed by atoms with Crippen molar-refractivity contribution in [3.63, 3.8) is 0 Å². The van der Waals surface area contributed by atoms with Crippen LogP contribution in [0.25, 0.3) is 0 Å². The van der Waals surface area contributed by atoms with Gasteiger partial charge in [-0.25, -0.2) is 4.79 Å². The van der Waals surface area contributed by atoms with Crippen molar-refractivity contribution < 1.29 is 38.2 Å². The van der Waals surface area contributed by atoms with Crippen molar-refractivity contribution in [3.8, 4) is 0 Å². The van der Waals surface area contributed by atoms with Crippen molar-refractivity contribution in [3.05, 3.63) is 23.7 Å². The van der Waals surface area contributed by atoms with E-state index in [2.05, 4.69) is 6.92 Å². The zero-order valence-electron chi connectivity index (χ0n) is 13.7. The Morgan fingerprint density at radius 2 is 2.10 bits per heavy atom. The molecule has 1 aliphatic heterocycles. The van der Waals surface area contributed by atoms with Gasteiger partial charge in [0, 0.05) is 11.7 Å². The van der Waals surface area contributed by atoms with Crippen LogP contribution in [0.2, 0.25) is 0 Å². The average Bonchev–Trinajstić information content (AvgIpc) is 2.38. The van der Waals surface area contributed by atoms with Gasteiger partial charge in [0.1, 0.15) is 0 Å². The summed E-state index contributed by atoms with van der Waals surface area (Å²) in [6, 6.07) is 0. The molecule has 0 radical (unpaired) electrons. The molecule has 21 heavy (non-hydrogen) atoms. The van der Waals surface area contributed by atoms with Crippen molar-refractivity contribution in [2.75, 3.05) is 6.61 Å². The number of carbonyl (C=O) groups excluding carboxylic acids is 1. The SMILES string of the molecule is CCCCC1=C([O-])OC1(C)CCC/C=C/C(=O)OCC.[Li+]. The monoisotopic (exact) mass is 288 g/mol. The van der Waals surface area contributed by atoms with Gasteiger partial charge in [-0.3, -0.25) is 0 Å². The molecule has 0 saturated carbocycles. The van der Waals surface area contributed by atoms with Gasteiger partial charge in [-0.15, -0.1) is 0 Å². The van der Waals surface area contributed by atoms with Crippen LogP contribution in [-0.2, 0) is 14.3 Å². The summed E-state index contributed by atoms with van der Waals surface area (Å²) >= 11 is 0. The maximum absolute atomic E-state index is 11.5. The Bertz CT molecular complexity index is 390. The van der Waals surface area contributed by atoms with Gasteiger partial charge >= 0.3 is 24.8 Å². The number of hydrogen-bond acceptors (Lipinski definition) is 4. The molecule has 4 nitrogen and oxygen atoms in total. The number of unbranched alkanes of at least 4 members (excludes halogenated alkanes) is 2. The maximum atomic E-state index is 11.5. The van der Waals surface area contributed by atoms with Crippen LogP contribution in [-0.4, -0.2) is 18.2 Å². The van der Waals surface area contributed by atoms with Crippen molar-refractivity contribution >= 4 is 5.97 Å². The number of carbonyl (C=O) groups is 1. The smallest absolute Gasteiger partial charge is 0.603 e. The Morgan fingerprint density at radius 1 is 1.38 bits per heavy atom. The number of ether oxygens (including phenoxy) is 2. The van der Waals surface area contributed by atoms with Crippen LogP contribution in [0.4, 0.5) is 0 Å². The first-order valence-electron chi connectivity index (χ1n) is 7.46. The second-order valence-corrected chi connectivity index (χ2v) is 5.25. The first-order valence-corrected chi connectivity index (χ1v) is 7.46. The molecule has 0 spiro atoms. The molecule has 114 valence electrons. The molecule has 0 bridgehead atoms. The van der Waals surface area contributed by atoms with Crippen molar-refractivity contribution in [2.24, 2.45) is 0 Å². The van der Waals surface area contributed by atoms with E-state index in [4.69, 9.17) is 9.47 Å². The maximum Gasteiger partial charge on any atom is 1.00 e. The third kappa shape index (κ3) is 6.19. The predicted octanol–water partition coefficient (Wildman–Crippen LogP) is -0.169. The number of hydrogen-bond donors (Lipinski definition) is 0. The first kappa shape index (κ1) is 20.1. The van der Waals surface area contributed by atoms with E-state index in [0.29, 0.717) is 6.61 Å². The Labute approximate surface area is 139 Å². The number of esters is 1. The third-order valence-electron chi connectivity index (χ3n) is 3.55. The normalized spacial score (nSPS) is 20.7. The topological polar surface area (TPSA) is 58.6 Å². The van der Waals surface area contributed by atoms with E-state index < -0.39 is 0 Å². The molecule has 1 aliphatic rings. The molecule has 0 saturated heterocycles. The molecule has 0 aromatic carbocycles. The second kappa shape index (κ2) is 9.97. The van der Waals surface area contributed by atoms with Crippen molar-refractivity contribution in [1.29, 1.82) is 0 Å². The van der Waals surface area contributed by atoms with Crippen LogP contribution < -0.4 is 24.0 Å². The fourth-order valence-electron chi connectivity index (χ4n) is 2.35. The van der Waals surface area contributed by atoms with Gasteiger partial charge in [0.25, 0.3) is 0 Å². The molecule has 5 heteroatoms. The number of rotatable bonds is 9. The minimum absolute atomic E-state index is 0. The van der Waals surface area contributed by atoms with Crippen LogP contribution in [0, 0.1) is 0 Å².